The number of benzene rings is 2. The number of nitrogens with zero attached hydrogens (tertiary/aromatic N) is 2. The summed E-state index contributed by atoms with van der Waals surface area (Å²) >= 11 is 2.15. The van der Waals surface area contributed by atoms with Crippen LogP contribution in [0.25, 0.3) is 22.6 Å². The molecule has 226 valence electrons. The molecule has 0 saturated heterocycles. The van der Waals surface area contributed by atoms with Crippen LogP contribution in [0.4, 0.5) is 0 Å². The molecule has 2 saturated carbocycles. The second-order valence-corrected chi connectivity index (χ2v) is 13.5. The average Bonchev–Trinajstić information content (AvgIpc) is 3.43. The minimum atomic E-state index is -1.08. The van der Waals surface area contributed by atoms with E-state index in [0.29, 0.717) is 23.8 Å². The van der Waals surface area contributed by atoms with Crippen molar-refractivity contribution < 1.29 is 28.6 Å². The summed E-state index contributed by atoms with van der Waals surface area (Å²) in [4.78, 5) is 49.3. The third-order valence-electron chi connectivity index (χ3n) is 7.52. The Balaban J connectivity index is 1.42. The SMILES string of the molecule is CCOC(=O)[C@@]1(NC(=O)[C@@H]2C[C@@H](Oc3cc(-c4ccccc4)nc(-c4ccccc4)n3)C[C@H]2C(=O)OC(C)(C)C)C[C@H]1I. The molecule has 3 aromatic rings. The van der Waals surface area contributed by atoms with Crippen LogP contribution in [0, 0.1) is 11.8 Å². The summed E-state index contributed by atoms with van der Waals surface area (Å²) in [6, 6.07) is 21.2. The summed E-state index contributed by atoms with van der Waals surface area (Å²) in [6.45, 7) is 7.32. The van der Waals surface area contributed by atoms with Crippen molar-refractivity contribution in [1.82, 2.24) is 15.3 Å². The van der Waals surface area contributed by atoms with Gasteiger partial charge in [0.25, 0.3) is 0 Å². The van der Waals surface area contributed by atoms with E-state index in [1.165, 1.54) is 0 Å². The molecule has 2 aliphatic carbocycles. The van der Waals surface area contributed by atoms with E-state index in [9.17, 15) is 14.4 Å². The number of aromatic nitrogens is 2. The fourth-order valence-electron chi connectivity index (χ4n) is 5.33. The van der Waals surface area contributed by atoms with Gasteiger partial charge in [-0.15, -0.1) is 0 Å². The van der Waals surface area contributed by atoms with E-state index in [4.69, 9.17) is 24.2 Å². The normalized spacial score (nSPS) is 24.6. The molecule has 5 rings (SSSR count). The highest BCUT2D eigenvalue weighted by atomic mass is 127. The van der Waals surface area contributed by atoms with Gasteiger partial charge < -0.3 is 19.5 Å². The molecule has 0 spiro atoms. The molecular weight excluding hydrogens is 661 g/mol. The summed E-state index contributed by atoms with van der Waals surface area (Å²) in [7, 11) is 0. The van der Waals surface area contributed by atoms with E-state index in [1.807, 2.05) is 60.7 Å². The Morgan fingerprint density at radius 2 is 1.56 bits per heavy atom. The first-order valence-corrected chi connectivity index (χ1v) is 15.8. The zero-order valence-corrected chi connectivity index (χ0v) is 26.9. The number of nitrogens with one attached hydrogen (secondary N) is 1. The maximum absolute atomic E-state index is 13.7. The van der Waals surface area contributed by atoms with Crippen molar-refractivity contribution in [2.24, 2.45) is 11.8 Å². The quantitative estimate of drug-likeness (QED) is 0.176. The molecule has 9 nitrogen and oxygen atoms in total. The van der Waals surface area contributed by atoms with Gasteiger partial charge in [0.2, 0.25) is 11.8 Å². The van der Waals surface area contributed by atoms with Gasteiger partial charge in [0.05, 0.1) is 24.1 Å². The van der Waals surface area contributed by atoms with Crippen LogP contribution in [-0.2, 0) is 23.9 Å². The molecule has 5 atom stereocenters. The first-order valence-electron chi connectivity index (χ1n) is 14.5. The largest absolute Gasteiger partial charge is 0.474 e. The van der Waals surface area contributed by atoms with E-state index in [2.05, 4.69) is 27.9 Å². The summed E-state index contributed by atoms with van der Waals surface area (Å²) in [6.07, 6.45) is 0.501. The number of esters is 2. The maximum Gasteiger partial charge on any atom is 0.332 e. The molecule has 0 radical (unpaired) electrons. The second-order valence-electron chi connectivity index (χ2n) is 12.0. The average molecular weight is 698 g/mol. The molecule has 0 bridgehead atoms. The number of carbonyl (C=O) groups excluding carboxylic acids is 3. The Kier molecular flexibility index (Phi) is 9.05. The van der Waals surface area contributed by atoms with Crippen LogP contribution in [0.2, 0.25) is 0 Å². The van der Waals surface area contributed by atoms with Crippen molar-refractivity contribution in [3.8, 4) is 28.5 Å². The van der Waals surface area contributed by atoms with E-state index in [0.717, 1.165) is 11.1 Å². The molecule has 1 heterocycles. The van der Waals surface area contributed by atoms with Gasteiger partial charge in [0.1, 0.15) is 11.7 Å². The smallest absolute Gasteiger partial charge is 0.332 e. The lowest BCUT2D eigenvalue weighted by Gasteiger charge is -2.25. The van der Waals surface area contributed by atoms with Crippen molar-refractivity contribution in [2.75, 3.05) is 6.61 Å². The van der Waals surface area contributed by atoms with Gasteiger partial charge in [0.15, 0.2) is 11.4 Å². The lowest BCUT2D eigenvalue weighted by molar-refractivity contribution is -0.163. The minimum absolute atomic E-state index is 0.0876. The van der Waals surface area contributed by atoms with Crippen LogP contribution in [0.3, 0.4) is 0 Å². The van der Waals surface area contributed by atoms with Gasteiger partial charge in [-0.2, -0.15) is 4.98 Å². The molecule has 1 aromatic heterocycles. The van der Waals surface area contributed by atoms with E-state index < -0.39 is 41.0 Å². The predicted molar refractivity (Wildman–Crippen MR) is 169 cm³/mol. The molecular formula is C33H36IN3O6. The standard InChI is InChI=1S/C33H36IN3O6/c1-5-41-31(40)33(19-26(33)34)37-29(38)23-16-22(17-24(23)30(39)43-32(2,3)4)42-27-18-25(20-12-8-6-9-13-20)35-28(36-27)21-14-10-7-11-15-21/h6-15,18,22-24,26H,5,16-17,19H2,1-4H3,(H,37,38)/t22-,23-,24-,26-,33-/m1/s1. The molecule has 1 N–H and O–H groups in total. The number of rotatable bonds is 9. The number of hydrogen-bond donors (Lipinski definition) is 1. The molecule has 43 heavy (non-hydrogen) atoms. The third-order valence-corrected chi connectivity index (χ3v) is 9.02. The lowest BCUT2D eigenvalue weighted by atomic mass is 9.94. The third kappa shape index (κ3) is 7.17. The van der Waals surface area contributed by atoms with Crippen LogP contribution < -0.4 is 10.1 Å². The second kappa shape index (κ2) is 12.6. The fourth-order valence-corrected chi connectivity index (χ4v) is 6.44. The Morgan fingerprint density at radius 3 is 2.14 bits per heavy atom. The van der Waals surface area contributed by atoms with Crippen molar-refractivity contribution in [2.45, 2.75) is 68.1 Å². The van der Waals surface area contributed by atoms with Gasteiger partial charge >= 0.3 is 11.9 Å². The van der Waals surface area contributed by atoms with Crippen LogP contribution in [0.15, 0.2) is 66.7 Å². The highest BCUT2D eigenvalue weighted by molar-refractivity contribution is 14.1. The van der Waals surface area contributed by atoms with Crippen molar-refractivity contribution in [3.05, 3.63) is 66.7 Å². The highest BCUT2D eigenvalue weighted by Crippen LogP contribution is 2.45. The number of hydrogen-bond acceptors (Lipinski definition) is 8. The van der Waals surface area contributed by atoms with Gasteiger partial charge in [-0.3, -0.25) is 9.59 Å². The van der Waals surface area contributed by atoms with Crippen molar-refractivity contribution in [1.29, 1.82) is 0 Å². The number of amides is 1. The van der Waals surface area contributed by atoms with Crippen LogP contribution in [0.1, 0.15) is 47.0 Å². The number of halogens is 1. The zero-order valence-electron chi connectivity index (χ0n) is 24.7. The molecule has 1 amide bonds. The highest BCUT2D eigenvalue weighted by Gasteiger charge is 2.62. The lowest BCUT2D eigenvalue weighted by Crippen LogP contribution is -2.49. The van der Waals surface area contributed by atoms with E-state index in [-0.39, 0.29) is 29.3 Å². The van der Waals surface area contributed by atoms with Crippen LogP contribution in [0.5, 0.6) is 5.88 Å². The molecule has 0 aliphatic heterocycles. The molecule has 10 heteroatoms. The van der Waals surface area contributed by atoms with Gasteiger partial charge in [-0.1, -0.05) is 83.3 Å². The maximum atomic E-state index is 13.7. The summed E-state index contributed by atoms with van der Waals surface area (Å²) in [5.74, 6) is -1.95. The topological polar surface area (TPSA) is 117 Å². The Hall–Kier alpha value is -3.54. The van der Waals surface area contributed by atoms with Crippen molar-refractivity contribution in [3.63, 3.8) is 0 Å². The molecule has 2 aromatic carbocycles. The molecule has 2 aliphatic rings. The number of carbonyl (C=O) groups is 3. The van der Waals surface area contributed by atoms with E-state index in [1.54, 1.807) is 33.8 Å². The summed E-state index contributed by atoms with van der Waals surface area (Å²) in [5.41, 5.74) is 0.632. The fraction of sp³-hybridized carbons (Fsp3) is 0.424. The summed E-state index contributed by atoms with van der Waals surface area (Å²) in [5, 5.41) is 2.93. The zero-order chi connectivity index (χ0) is 30.8. The monoisotopic (exact) mass is 697 g/mol. The minimum Gasteiger partial charge on any atom is -0.474 e. The van der Waals surface area contributed by atoms with E-state index >= 15 is 0 Å². The predicted octanol–water partition coefficient (Wildman–Crippen LogP) is 5.55. The van der Waals surface area contributed by atoms with Gasteiger partial charge in [-0.05, 0) is 47.0 Å². The Morgan fingerprint density at radius 1 is 0.953 bits per heavy atom. The van der Waals surface area contributed by atoms with Crippen molar-refractivity contribution >= 4 is 40.4 Å². The molecule has 0 unspecified atom stereocenters. The first kappa shape index (κ1) is 30.9. The first-order chi connectivity index (χ1) is 20.5. The van der Waals surface area contributed by atoms with Gasteiger partial charge in [-0.25, -0.2) is 9.78 Å². The molecule has 2 fully saturated rings. The number of alkyl halides is 1. The Labute approximate surface area is 265 Å². The van der Waals surface area contributed by atoms with Gasteiger partial charge in [0, 0.05) is 21.1 Å². The summed E-state index contributed by atoms with van der Waals surface area (Å²) < 4.78 is 17.3. The van der Waals surface area contributed by atoms with Crippen LogP contribution in [-0.4, -0.2) is 55.6 Å². The Bertz CT molecular complexity index is 1420. The number of ether oxygens (including phenoxy) is 3. The van der Waals surface area contributed by atoms with Crippen LogP contribution >= 0.6 is 22.6 Å².